The molecule has 0 amide bonds. The van der Waals surface area contributed by atoms with Crippen LogP contribution in [0.3, 0.4) is 0 Å². The van der Waals surface area contributed by atoms with Crippen LogP contribution in [-0.4, -0.2) is 37.2 Å². The summed E-state index contributed by atoms with van der Waals surface area (Å²) < 4.78 is 16.9. The van der Waals surface area contributed by atoms with Crippen molar-refractivity contribution in [3.05, 3.63) is 72.9 Å². The van der Waals surface area contributed by atoms with Crippen molar-refractivity contribution in [2.75, 3.05) is 13.2 Å². The molecule has 0 rings (SSSR count). The highest BCUT2D eigenvalue weighted by atomic mass is 16.6. The van der Waals surface area contributed by atoms with Crippen molar-refractivity contribution in [2.45, 2.75) is 348 Å². The molecule has 0 spiro atoms. The standard InChI is InChI=1S/C71H126O6/c1-4-7-10-13-16-19-22-25-27-29-31-33-35-37-39-41-43-46-49-52-55-58-61-64-70(73)76-67-68(66-75-69(72)63-60-57-54-51-48-45-24-21-18-15-12-9-6-3)77-71(74)65-62-59-56-53-50-47-44-42-40-38-36-34-32-30-28-26-23-20-17-14-11-8-5-2/h7,10,16,19,21,24-25,27,31,33,37,39,68H,4-6,8-9,11-15,17-18,20,22-23,26,28-30,32,34-36,38,40-67H2,1-3H3/b10-7-,19-16-,24-21-,27-25-,33-31-,39-37-. The number of carbonyl (C=O) groups excluding carboxylic acids is 3. The van der Waals surface area contributed by atoms with E-state index in [4.69, 9.17) is 14.2 Å². The zero-order chi connectivity index (χ0) is 55.7. The number of hydrogen-bond acceptors (Lipinski definition) is 6. The molecule has 0 bridgehead atoms. The second kappa shape index (κ2) is 65.4. The number of esters is 3. The second-order valence-corrected chi connectivity index (χ2v) is 22.4. The van der Waals surface area contributed by atoms with Crippen molar-refractivity contribution in [1.29, 1.82) is 0 Å². The third-order valence-corrected chi connectivity index (χ3v) is 14.7. The maximum Gasteiger partial charge on any atom is 0.306 e. The lowest BCUT2D eigenvalue weighted by atomic mass is 10.0. The van der Waals surface area contributed by atoms with E-state index in [9.17, 15) is 14.4 Å². The van der Waals surface area contributed by atoms with Gasteiger partial charge in [-0.3, -0.25) is 14.4 Å². The summed E-state index contributed by atoms with van der Waals surface area (Å²) in [5, 5.41) is 0. The van der Waals surface area contributed by atoms with Crippen LogP contribution in [0.15, 0.2) is 72.9 Å². The lowest BCUT2D eigenvalue weighted by Crippen LogP contribution is -2.30. The molecule has 1 atom stereocenters. The van der Waals surface area contributed by atoms with Gasteiger partial charge in [0.05, 0.1) is 0 Å². The Labute approximate surface area is 478 Å². The molecule has 0 aliphatic heterocycles. The van der Waals surface area contributed by atoms with Crippen LogP contribution in [0.25, 0.3) is 0 Å². The smallest absolute Gasteiger partial charge is 0.306 e. The van der Waals surface area contributed by atoms with Crippen LogP contribution in [-0.2, 0) is 28.6 Å². The van der Waals surface area contributed by atoms with Crippen molar-refractivity contribution >= 4 is 17.9 Å². The van der Waals surface area contributed by atoms with Gasteiger partial charge in [-0.15, -0.1) is 0 Å². The fraction of sp³-hybridized carbons (Fsp3) is 0.789. The SMILES string of the molecule is CC/C=C\C/C=C\C/C=C\C/C=C\C/C=C\CCCCCCCCCC(=O)OCC(COC(=O)CCCCCCC/C=C\CCCCCC)OC(=O)CCCCCCCCCCCCCCCCCCCCCCCCC. The number of hydrogen-bond donors (Lipinski definition) is 0. The molecule has 1 unspecified atom stereocenters. The Bertz CT molecular complexity index is 1420. The third kappa shape index (κ3) is 63.6. The van der Waals surface area contributed by atoms with Crippen molar-refractivity contribution in [1.82, 2.24) is 0 Å². The number of carbonyl (C=O) groups is 3. The first-order valence-electron chi connectivity index (χ1n) is 33.4. The van der Waals surface area contributed by atoms with E-state index in [1.807, 2.05) is 0 Å². The summed E-state index contributed by atoms with van der Waals surface area (Å²) in [4.78, 5) is 38.4. The number of allylic oxidation sites excluding steroid dienone is 12. The van der Waals surface area contributed by atoms with Gasteiger partial charge < -0.3 is 14.2 Å². The van der Waals surface area contributed by atoms with E-state index in [-0.39, 0.29) is 31.1 Å². The molecule has 0 aromatic rings. The van der Waals surface area contributed by atoms with Gasteiger partial charge in [0.25, 0.3) is 0 Å². The van der Waals surface area contributed by atoms with E-state index in [0.717, 1.165) is 103 Å². The molecule has 0 aliphatic carbocycles. The predicted octanol–water partition coefficient (Wildman–Crippen LogP) is 22.9. The summed E-state index contributed by atoms with van der Waals surface area (Å²) in [6.45, 7) is 6.54. The summed E-state index contributed by atoms with van der Waals surface area (Å²) in [6.07, 6.45) is 84.9. The minimum Gasteiger partial charge on any atom is -0.462 e. The summed E-state index contributed by atoms with van der Waals surface area (Å²) in [6, 6.07) is 0. The fourth-order valence-electron chi connectivity index (χ4n) is 9.70. The molecule has 6 nitrogen and oxygen atoms in total. The van der Waals surface area contributed by atoms with Gasteiger partial charge in [-0.25, -0.2) is 0 Å². The minimum atomic E-state index is -0.783. The van der Waals surface area contributed by atoms with E-state index >= 15 is 0 Å². The van der Waals surface area contributed by atoms with Crippen LogP contribution in [0.5, 0.6) is 0 Å². The van der Waals surface area contributed by atoms with Gasteiger partial charge in [-0.2, -0.15) is 0 Å². The summed E-state index contributed by atoms with van der Waals surface area (Å²) in [5.41, 5.74) is 0. The van der Waals surface area contributed by atoms with E-state index in [2.05, 4.69) is 93.7 Å². The second-order valence-electron chi connectivity index (χ2n) is 22.4. The monoisotopic (exact) mass is 1070 g/mol. The lowest BCUT2D eigenvalue weighted by molar-refractivity contribution is -0.167. The predicted molar refractivity (Wildman–Crippen MR) is 335 cm³/mol. The highest BCUT2D eigenvalue weighted by Gasteiger charge is 2.19. The lowest BCUT2D eigenvalue weighted by Gasteiger charge is -2.18. The van der Waals surface area contributed by atoms with E-state index < -0.39 is 6.10 Å². The van der Waals surface area contributed by atoms with Crippen LogP contribution in [0, 0.1) is 0 Å². The Morgan fingerprint density at radius 1 is 0.273 bits per heavy atom. The zero-order valence-corrected chi connectivity index (χ0v) is 51.2. The van der Waals surface area contributed by atoms with Crippen LogP contribution >= 0.6 is 0 Å². The Morgan fingerprint density at radius 3 is 0.818 bits per heavy atom. The third-order valence-electron chi connectivity index (χ3n) is 14.7. The van der Waals surface area contributed by atoms with Gasteiger partial charge in [-0.1, -0.05) is 306 Å². The van der Waals surface area contributed by atoms with Gasteiger partial charge in [0.1, 0.15) is 13.2 Å². The summed E-state index contributed by atoms with van der Waals surface area (Å²) in [5.74, 6) is -0.881. The van der Waals surface area contributed by atoms with Crippen molar-refractivity contribution in [2.24, 2.45) is 0 Å². The molecule has 0 N–H and O–H groups in total. The molecule has 0 fully saturated rings. The highest BCUT2D eigenvalue weighted by Crippen LogP contribution is 2.17. The largest absolute Gasteiger partial charge is 0.462 e. The number of ether oxygens (including phenoxy) is 3. The number of unbranched alkanes of at least 4 members (excludes halogenated alkanes) is 38. The molecule has 0 aromatic carbocycles. The zero-order valence-electron chi connectivity index (χ0n) is 51.2. The molecular formula is C71H126O6. The molecule has 0 saturated carbocycles. The molecular weight excluding hydrogens is 949 g/mol. The van der Waals surface area contributed by atoms with Crippen molar-refractivity contribution < 1.29 is 28.6 Å². The Morgan fingerprint density at radius 2 is 0.506 bits per heavy atom. The summed E-state index contributed by atoms with van der Waals surface area (Å²) >= 11 is 0. The highest BCUT2D eigenvalue weighted by molar-refractivity contribution is 5.71. The maximum absolute atomic E-state index is 12.9. The fourth-order valence-corrected chi connectivity index (χ4v) is 9.70. The van der Waals surface area contributed by atoms with Crippen molar-refractivity contribution in [3.8, 4) is 0 Å². The topological polar surface area (TPSA) is 78.9 Å². The van der Waals surface area contributed by atoms with Gasteiger partial charge in [-0.05, 0) is 89.9 Å². The Hall–Kier alpha value is -3.15. The van der Waals surface area contributed by atoms with E-state index in [0.29, 0.717) is 19.3 Å². The first-order valence-corrected chi connectivity index (χ1v) is 33.4. The average molecular weight is 1080 g/mol. The average Bonchev–Trinajstić information content (AvgIpc) is 3.43. The van der Waals surface area contributed by atoms with Gasteiger partial charge in [0.2, 0.25) is 0 Å². The van der Waals surface area contributed by atoms with Gasteiger partial charge in [0.15, 0.2) is 6.10 Å². The normalized spacial score (nSPS) is 12.5. The van der Waals surface area contributed by atoms with Gasteiger partial charge >= 0.3 is 17.9 Å². The number of rotatable bonds is 61. The molecule has 0 radical (unpaired) electrons. The molecule has 0 saturated heterocycles. The van der Waals surface area contributed by atoms with E-state index in [1.54, 1.807) is 0 Å². The van der Waals surface area contributed by atoms with Crippen LogP contribution < -0.4 is 0 Å². The first-order chi connectivity index (χ1) is 38.0. The quantitative estimate of drug-likeness (QED) is 0.0261. The van der Waals surface area contributed by atoms with Crippen LogP contribution in [0.4, 0.5) is 0 Å². The van der Waals surface area contributed by atoms with E-state index in [1.165, 1.54) is 199 Å². The maximum atomic E-state index is 12.9. The molecule has 77 heavy (non-hydrogen) atoms. The van der Waals surface area contributed by atoms with Crippen molar-refractivity contribution in [3.63, 3.8) is 0 Å². The molecule has 0 aromatic heterocycles. The molecule has 6 heteroatoms. The molecule has 0 aliphatic rings. The Kier molecular flexibility index (Phi) is 62.7. The Balaban J connectivity index is 4.31. The minimum absolute atomic E-state index is 0.0802. The molecule has 0 heterocycles. The molecule has 446 valence electrons. The summed E-state index contributed by atoms with van der Waals surface area (Å²) in [7, 11) is 0. The van der Waals surface area contributed by atoms with Gasteiger partial charge in [0, 0.05) is 19.3 Å². The van der Waals surface area contributed by atoms with Crippen LogP contribution in [0.2, 0.25) is 0 Å². The van der Waals surface area contributed by atoms with Crippen LogP contribution in [0.1, 0.15) is 342 Å². The first kappa shape index (κ1) is 73.8.